The molecule has 0 aromatic carbocycles. The van der Waals surface area contributed by atoms with Crippen LogP contribution in [0.4, 0.5) is 0 Å². The molecule has 6 heteroatoms. The molecule has 0 aliphatic carbocycles. The van der Waals surface area contributed by atoms with Crippen LogP contribution in [0.1, 0.15) is 278 Å². The van der Waals surface area contributed by atoms with Gasteiger partial charge in [0, 0.05) is 19.3 Å². The maximum atomic E-state index is 12.8. The van der Waals surface area contributed by atoms with E-state index in [1.165, 1.54) is 148 Å². The average Bonchev–Trinajstić information content (AvgIpc) is 3.35. The molecule has 0 rings (SSSR count). The van der Waals surface area contributed by atoms with Gasteiger partial charge >= 0.3 is 17.9 Å². The highest BCUT2D eigenvalue weighted by molar-refractivity contribution is 5.71. The van der Waals surface area contributed by atoms with Crippen molar-refractivity contribution in [2.45, 2.75) is 284 Å². The number of unbranched alkanes of at least 4 members (excludes halogenated alkanes) is 27. The van der Waals surface area contributed by atoms with Gasteiger partial charge < -0.3 is 14.2 Å². The minimum absolute atomic E-state index is 0.111. The predicted octanol–water partition coefficient (Wildman–Crippen LogP) is 19.5. The third kappa shape index (κ3) is 55.4. The van der Waals surface area contributed by atoms with E-state index in [4.69, 9.17) is 14.2 Å². The maximum Gasteiger partial charge on any atom is 0.306 e. The number of hydrogen-bond donors (Lipinski definition) is 0. The number of allylic oxidation sites excluding steroid dienone is 14. The summed E-state index contributed by atoms with van der Waals surface area (Å²) in [6.07, 6.45) is 74.5. The molecule has 0 bridgehead atoms. The number of esters is 3. The van der Waals surface area contributed by atoms with Crippen LogP contribution in [0.15, 0.2) is 85.1 Å². The molecule has 396 valence electrons. The number of hydrogen-bond acceptors (Lipinski definition) is 6. The highest BCUT2D eigenvalue weighted by Gasteiger charge is 2.19. The Bertz CT molecular complexity index is 1330. The zero-order valence-corrected chi connectivity index (χ0v) is 45.3. The molecule has 0 aliphatic rings. The second-order valence-electron chi connectivity index (χ2n) is 19.2. The third-order valence-electron chi connectivity index (χ3n) is 12.4. The predicted molar refractivity (Wildman–Crippen MR) is 297 cm³/mol. The van der Waals surface area contributed by atoms with E-state index >= 15 is 0 Å². The Morgan fingerprint density at radius 3 is 0.942 bits per heavy atom. The lowest BCUT2D eigenvalue weighted by Crippen LogP contribution is -2.30. The summed E-state index contributed by atoms with van der Waals surface area (Å²) in [5.41, 5.74) is 0. The minimum Gasteiger partial charge on any atom is -0.462 e. The van der Waals surface area contributed by atoms with Gasteiger partial charge in [-0.1, -0.05) is 241 Å². The topological polar surface area (TPSA) is 78.9 Å². The van der Waals surface area contributed by atoms with Crippen molar-refractivity contribution >= 4 is 17.9 Å². The molecule has 0 heterocycles. The lowest BCUT2D eigenvalue weighted by Gasteiger charge is -2.18. The fraction of sp³-hybridized carbons (Fsp3) is 0.730. The largest absolute Gasteiger partial charge is 0.462 e. The highest BCUT2D eigenvalue weighted by atomic mass is 16.6. The number of carbonyl (C=O) groups is 3. The molecule has 0 aliphatic heterocycles. The van der Waals surface area contributed by atoms with Crippen molar-refractivity contribution in [1.82, 2.24) is 0 Å². The summed E-state index contributed by atoms with van der Waals surface area (Å²) in [5.74, 6) is -1.00. The molecular formula is C63H108O6. The van der Waals surface area contributed by atoms with Crippen LogP contribution in [0.25, 0.3) is 0 Å². The van der Waals surface area contributed by atoms with Crippen molar-refractivity contribution in [1.29, 1.82) is 0 Å². The summed E-state index contributed by atoms with van der Waals surface area (Å²) in [5, 5.41) is 0. The van der Waals surface area contributed by atoms with Gasteiger partial charge in [0.25, 0.3) is 0 Å². The van der Waals surface area contributed by atoms with E-state index < -0.39 is 12.1 Å². The summed E-state index contributed by atoms with van der Waals surface area (Å²) in [7, 11) is 0. The second-order valence-corrected chi connectivity index (χ2v) is 19.2. The van der Waals surface area contributed by atoms with Crippen molar-refractivity contribution < 1.29 is 28.6 Å². The van der Waals surface area contributed by atoms with Crippen LogP contribution >= 0.6 is 0 Å². The van der Waals surface area contributed by atoms with E-state index in [0.717, 1.165) is 83.5 Å². The van der Waals surface area contributed by atoms with Gasteiger partial charge in [-0.2, -0.15) is 0 Å². The molecule has 0 fully saturated rings. The number of carbonyl (C=O) groups excluding carboxylic acids is 3. The molecule has 0 saturated heterocycles. The first kappa shape index (κ1) is 65.6. The monoisotopic (exact) mass is 961 g/mol. The molecule has 6 nitrogen and oxygen atoms in total. The van der Waals surface area contributed by atoms with E-state index in [1.807, 2.05) is 6.08 Å². The van der Waals surface area contributed by atoms with Gasteiger partial charge in [0.15, 0.2) is 6.10 Å². The average molecular weight is 962 g/mol. The van der Waals surface area contributed by atoms with Crippen LogP contribution in [0, 0.1) is 0 Å². The normalized spacial score (nSPS) is 12.7. The van der Waals surface area contributed by atoms with E-state index in [9.17, 15) is 14.4 Å². The van der Waals surface area contributed by atoms with E-state index in [2.05, 4.69) is 99.8 Å². The van der Waals surface area contributed by atoms with Crippen LogP contribution in [0.2, 0.25) is 0 Å². The van der Waals surface area contributed by atoms with Crippen LogP contribution < -0.4 is 0 Å². The molecule has 0 amide bonds. The lowest BCUT2D eigenvalue weighted by molar-refractivity contribution is -0.166. The first-order chi connectivity index (χ1) is 34.0. The van der Waals surface area contributed by atoms with Crippen LogP contribution in [0.3, 0.4) is 0 Å². The molecule has 0 saturated carbocycles. The van der Waals surface area contributed by atoms with Crippen LogP contribution in [0.5, 0.6) is 0 Å². The Morgan fingerprint density at radius 2 is 0.594 bits per heavy atom. The Morgan fingerprint density at radius 1 is 0.304 bits per heavy atom. The van der Waals surface area contributed by atoms with E-state index in [1.54, 1.807) is 0 Å². The van der Waals surface area contributed by atoms with Crippen molar-refractivity contribution in [2.75, 3.05) is 13.2 Å². The third-order valence-corrected chi connectivity index (χ3v) is 12.4. The summed E-state index contributed by atoms with van der Waals surface area (Å²) < 4.78 is 16.8. The minimum atomic E-state index is -0.822. The zero-order chi connectivity index (χ0) is 50.0. The fourth-order valence-electron chi connectivity index (χ4n) is 8.01. The molecule has 1 atom stereocenters. The Balaban J connectivity index is 4.47. The van der Waals surface area contributed by atoms with Crippen molar-refractivity contribution in [3.63, 3.8) is 0 Å². The standard InChI is InChI=1S/C63H108O6/c1-4-7-10-13-16-19-22-25-28-31-32-33-36-38-41-44-47-50-53-56-62(65)68-59-60(69-63(66)57-54-51-48-45-42-39-35-30-27-24-21-18-15-12-9-6-3)58-67-61(64)55-52-49-46-43-40-37-34-29-26-23-20-17-14-11-8-5-2/h9,12,18,21,27,29-32,34,39,42,48,51,60H,4-8,10-11,13-17,19-20,22-26,28,33,35-38,40-41,43-47,49-50,52-59H2,1-3H3/b12-9-,21-18-,30-27-,32-31-,34-29-,42-39-,51-48-. The van der Waals surface area contributed by atoms with E-state index in [-0.39, 0.29) is 31.6 Å². The molecule has 0 spiro atoms. The lowest BCUT2D eigenvalue weighted by atomic mass is 10.1. The second kappa shape index (κ2) is 57.2. The smallest absolute Gasteiger partial charge is 0.306 e. The molecule has 0 aromatic rings. The van der Waals surface area contributed by atoms with Gasteiger partial charge in [-0.05, 0) is 103 Å². The summed E-state index contributed by atoms with van der Waals surface area (Å²) in [4.78, 5) is 38.1. The molecule has 0 aromatic heterocycles. The first-order valence-corrected chi connectivity index (χ1v) is 29.1. The van der Waals surface area contributed by atoms with Gasteiger partial charge in [0.1, 0.15) is 13.2 Å². The zero-order valence-electron chi connectivity index (χ0n) is 45.3. The van der Waals surface area contributed by atoms with Gasteiger partial charge in [-0.3, -0.25) is 14.4 Å². The van der Waals surface area contributed by atoms with E-state index in [0.29, 0.717) is 19.3 Å². The van der Waals surface area contributed by atoms with Gasteiger partial charge in [-0.15, -0.1) is 0 Å². The summed E-state index contributed by atoms with van der Waals surface area (Å²) >= 11 is 0. The van der Waals surface area contributed by atoms with Gasteiger partial charge in [0.05, 0.1) is 0 Å². The van der Waals surface area contributed by atoms with Crippen LogP contribution in [-0.4, -0.2) is 37.2 Å². The van der Waals surface area contributed by atoms with Crippen molar-refractivity contribution in [2.24, 2.45) is 0 Å². The molecule has 69 heavy (non-hydrogen) atoms. The molecule has 1 unspecified atom stereocenters. The van der Waals surface area contributed by atoms with Gasteiger partial charge in [-0.25, -0.2) is 0 Å². The Hall–Kier alpha value is -3.41. The quantitative estimate of drug-likeness (QED) is 0.0262. The SMILES string of the molecule is CC/C=C\C/C=C\C/C=C\C/C=C\C/C=C\CCC(=O)OC(COC(=O)CCCCCCC/C=C\CCCCCCCCC)COC(=O)CCCCCCCCC/C=C\CCCCCCCCCC. The number of rotatable bonds is 52. The first-order valence-electron chi connectivity index (χ1n) is 29.1. The molecular weight excluding hydrogens is 853 g/mol. The Kier molecular flexibility index (Phi) is 54.3. The van der Waals surface area contributed by atoms with Crippen LogP contribution in [-0.2, 0) is 28.6 Å². The molecule has 0 N–H and O–H groups in total. The summed E-state index contributed by atoms with van der Waals surface area (Å²) in [6.45, 7) is 6.47. The summed E-state index contributed by atoms with van der Waals surface area (Å²) in [6, 6.07) is 0. The van der Waals surface area contributed by atoms with Crippen molar-refractivity contribution in [3.8, 4) is 0 Å². The maximum absolute atomic E-state index is 12.8. The fourth-order valence-corrected chi connectivity index (χ4v) is 8.01. The Labute approximate surface area is 426 Å². The molecule has 0 radical (unpaired) electrons. The van der Waals surface area contributed by atoms with Crippen molar-refractivity contribution in [3.05, 3.63) is 85.1 Å². The highest BCUT2D eigenvalue weighted by Crippen LogP contribution is 2.15. The van der Waals surface area contributed by atoms with Gasteiger partial charge in [0.2, 0.25) is 0 Å². The number of ether oxygens (including phenoxy) is 3.